The number of rotatable bonds is 6. The summed E-state index contributed by atoms with van der Waals surface area (Å²) in [6.45, 7) is 4.48. The molecule has 0 saturated carbocycles. The van der Waals surface area contributed by atoms with Gasteiger partial charge in [0.25, 0.3) is 5.91 Å². The summed E-state index contributed by atoms with van der Waals surface area (Å²) in [5.74, 6) is -0.355. The number of hydrogen-bond acceptors (Lipinski definition) is 2. The van der Waals surface area contributed by atoms with Crippen molar-refractivity contribution >= 4 is 45.5 Å². The number of fused-ring (bicyclic) bond motifs is 1. The fourth-order valence-corrected chi connectivity index (χ4v) is 4.33. The average Bonchev–Trinajstić information content (AvgIpc) is 3.33. The SMILES string of the molecule is Cc1cc(/C=C(\C#N)C(=O)NCCc2c[nH]c3ccccc23)c(C)n1-c1ccc(I)cc1. The minimum Gasteiger partial charge on any atom is -0.361 e. The lowest BCUT2D eigenvalue weighted by atomic mass is 10.1. The van der Waals surface area contributed by atoms with Crippen molar-refractivity contribution in [2.75, 3.05) is 6.54 Å². The predicted octanol–water partition coefficient (Wildman–Crippen LogP) is 5.45. The molecule has 0 radical (unpaired) electrons. The smallest absolute Gasteiger partial charge is 0.261 e. The van der Waals surface area contributed by atoms with Crippen molar-refractivity contribution in [2.45, 2.75) is 20.3 Å². The van der Waals surface area contributed by atoms with E-state index in [1.165, 1.54) is 3.57 Å². The lowest BCUT2D eigenvalue weighted by Crippen LogP contribution is -2.26. The Morgan fingerprint density at radius 3 is 2.69 bits per heavy atom. The van der Waals surface area contributed by atoms with Crippen LogP contribution in [0.1, 0.15) is 22.5 Å². The number of para-hydroxylation sites is 1. The Morgan fingerprint density at radius 2 is 1.94 bits per heavy atom. The highest BCUT2D eigenvalue weighted by Crippen LogP contribution is 2.23. The van der Waals surface area contributed by atoms with Gasteiger partial charge in [0.05, 0.1) is 0 Å². The fraction of sp³-hybridized carbons (Fsp3) is 0.154. The summed E-state index contributed by atoms with van der Waals surface area (Å²) < 4.78 is 3.30. The number of nitrogens with one attached hydrogen (secondary N) is 2. The number of aryl methyl sites for hydroxylation is 1. The van der Waals surface area contributed by atoms with E-state index >= 15 is 0 Å². The standard InChI is InChI=1S/C26H23IN4O/c1-17-13-20(18(2)31(17)23-9-7-22(27)8-10-23)14-21(15-28)26(32)29-12-11-19-16-30-25-6-4-3-5-24(19)25/h3-10,13-14,16,30H,11-12H2,1-2H3,(H,29,32)/b21-14+. The van der Waals surface area contributed by atoms with E-state index in [4.69, 9.17) is 0 Å². The normalized spacial score (nSPS) is 11.5. The number of aromatic amines is 1. The second-order valence-electron chi connectivity index (χ2n) is 7.67. The molecule has 5 nitrogen and oxygen atoms in total. The van der Waals surface area contributed by atoms with Gasteiger partial charge in [-0.2, -0.15) is 5.26 Å². The van der Waals surface area contributed by atoms with Crippen LogP contribution in [0.5, 0.6) is 0 Å². The average molecular weight is 534 g/mol. The highest BCUT2D eigenvalue weighted by atomic mass is 127. The molecule has 160 valence electrons. The number of carbonyl (C=O) groups is 1. The molecular formula is C26H23IN4O. The first-order chi connectivity index (χ1) is 15.5. The van der Waals surface area contributed by atoms with Crippen LogP contribution >= 0.6 is 22.6 Å². The van der Waals surface area contributed by atoms with E-state index in [9.17, 15) is 10.1 Å². The summed E-state index contributed by atoms with van der Waals surface area (Å²) in [7, 11) is 0. The molecule has 0 fully saturated rings. The lowest BCUT2D eigenvalue weighted by Gasteiger charge is -2.09. The van der Waals surface area contributed by atoms with Gasteiger partial charge in [0.15, 0.2) is 0 Å². The van der Waals surface area contributed by atoms with Gasteiger partial charge in [0, 0.05) is 44.3 Å². The quantitative estimate of drug-likeness (QED) is 0.196. The van der Waals surface area contributed by atoms with Crippen molar-refractivity contribution in [3.8, 4) is 11.8 Å². The predicted molar refractivity (Wildman–Crippen MR) is 137 cm³/mol. The van der Waals surface area contributed by atoms with Crippen LogP contribution in [0.3, 0.4) is 0 Å². The van der Waals surface area contributed by atoms with Crippen molar-refractivity contribution in [1.29, 1.82) is 5.26 Å². The molecule has 0 aliphatic rings. The first kappa shape index (κ1) is 21.9. The zero-order chi connectivity index (χ0) is 22.7. The van der Waals surface area contributed by atoms with Crippen LogP contribution in [0, 0.1) is 28.7 Å². The molecule has 2 aromatic carbocycles. The van der Waals surface area contributed by atoms with Crippen LogP contribution in [-0.4, -0.2) is 22.0 Å². The van der Waals surface area contributed by atoms with Gasteiger partial charge >= 0.3 is 0 Å². The Morgan fingerprint density at radius 1 is 1.19 bits per heavy atom. The second-order valence-corrected chi connectivity index (χ2v) is 8.92. The molecule has 2 aromatic heterocycles. The molecule has 4 aromatic rings. The van der Waals surface area contributed by atoms with Crippen molar-refractivity contribution in [2.24, 2.45) is 0 Å². The van der Waals surface area contributed by atoms with Crippen molar-refractivity contribution < 1.29 is 4.79 Å². The summed E-state index contributed by atoms with van der Waals surface area (Å²) in [5, 5.41) is 13.6. The molecule has 4 rings (SSSR count). The van der Waals surface area contributed by atoms with Crippen LogP contribution in [0.4, 0.5) is 0 Å². The fourth-order valence-electron chi connectivity index (χ4n) is 3.97. The molecule has 2 N–H and O–H groups in total. The lowest BCUT2D eigenvalue weighted by molar-refractivity contribution is -0.117. The number of nitrogens with zero attached hydrogens (tertiary/aromatic N) is 2. The topological polar surface area (TPSA) is 73.6 Å². The van der Waals surface area contributed by atoms with Gasteiger partial charge < -0.3 is 14.9 Å². The molecule has 0 aliphatic heterocycles. The summed E-state index contributed by atoms with van der Waals surface area (Å²) in [5.41, 5.74) is 6.28. The Kier molecular flexibility index (Phi) is 6.47. The van der Waals surface area contributed by atoms with Crippen LogP contribution in [-0.2, 0) is 11.2 Å². The maximum Gasteiger partial charge on any atom is 0.261 e. The molecular weight excluding hydrogens is 511 g/mol. The number of aromatic nitrogens is 2. The zero-order valence-corrected chi connectivity index (χ0v) is 20.1. The summed E-state index contributed by atoms with van der Waals surface area (Å²) in [4.78, 5) is 15.9. The summed E-state index contributed by atoms with van der Waals surface area (Å²) in [6, 6.07) is 20.4. The van der Waals surface area contributed by atoms with Crippen molar-refractivity contribution in [1.82, 2.24) is 14.9 Å². The molecule has 2 heterocycles. The van der Waals surface area contributed by atoms with E-state index in [2.05, 4.69) is 73.9 Å². The van der Waals surface area contributed by atoms with Gasteiger partial charge in [0.1, 0.15) is 11.6 Å². The molecule has 0 bridgehead atoms. The van der Waals surface area contributed by atoms with E-state index in [0.29, 0.717) is 13.0 Å². The highest BCUT2D eigenvalue weighted by molar-refractivity contribution is 14.1. The summed E-state index contributed by atoms with van der Waals surface area (Å²) >= 11 is 2.28. The molecule has 0 spiro atoms. The van der Waals surface area contributed by atoms with Gasteiger partial charge in [-0.25, -0.2) is 0 Å². The van der Waals surface area contributed by atoms with E-state index in [0.717, 1.165) is 39.1 Å². The zero-order valence-electron chi connectivity index (χ0n) is 17.9. The number of hydrogen-bond donors (Lipinski definition) is 2. The van der Waals surface area contributed by atoms with E-state index in [1.807, 2.05) is 44.3 Å². The summed E-state index contributed by atoms with van der Waals surface area (Å²) in [6.07, 6.45) is 4.33. The third kappa shape index (κ3) is 4.48. The third-order valence-corrected chi connectivity index (χ3v) is 6.29. The van der Waals surface area contributed by atoms with E-state index in [1.54, 1.807) is 6.08 Å². The van der Waals surface area contributed by atoms with Crippen molar-refractivity contribution in [3.05, 3.63) is 92.5 Å². The number of H-pyrrole nitrogens is 1. The van der Waals surface area contributed by atoms with Gasteiger partial charge in [-0.15, -0.1) is 0 Å². The number of nitriles is 1. The number of halogens is 1. The van der Waals surface area contributed by atoms with Crippen LogP contribution < -0.4 is 5.32 Å². The highest BCUT2D eigenvalue weighted by Gasteiger charge is 2.14. The Labute approximate surface area is 200 Å². The van der Waals surface area contributed by atoms with Gasteiger partial charge in [-0.3, -0.25) is 4.79 Å². The van der Waals surface area contributed by atoms with Gasteiger partial charge in [-0.05, 0) is 96.5 Å². The molecule has 6 heteroatoms. The Balaban J connectivity index is 1.49. The number of amides is 1. The first-order valence-corrected chi connectivity index (χ1v) is 11.5. The monoisotopic (exact) mass is 534 g/mol. The minimum atomic E-state index is -0.355. The Hall–Kier alpha value is -3.31. The van der Waals surface area contributed by atoms with Crippen LogP contribution in [0.25, 0.3) is 22.7 Å². The van der Waals surface area contributed by atoms with Gasteiger partial charge in [-0.1, -0.05) is 18.2 Å². The largest absolute Gasteiger partial charge is 0.361 e. The number of benzene rings is 2. The Bertz CT molecular complexity index is 1350. The van der Waals surface area contributed by atoms with Gasteiger partial charge in [0.2, 0.25) is 0 Å². The van der Waals surface area contributed by atoms with E-state index in [-0.39, 0.29) is 11.5 Å². The molecule has 0 saturated heterocycles. The number of carbonyl (C=O) groups excluding carboxylic acids is 1. The molecule has 0 aliphatic carbocycles. The van der Waals surface area contributed by atoms with Crippen molar-refractivity contribution in [3.63, 3.8) is 0 Å². The van der Waals surface area contributed by atoms with Crippen LogP contribution in [0.2, 0.25) is 0 Å². The first-order valence-electron chi connectivity index (χ1n) is 10.4. The second kappa shape index (κ2) is 9.45. The van der Waals surface area contributed by atoms with E-state index < -0.39 is 0 Å². The maximum absolute atomic E-state index is 12.7. The third-order valence-electron chi connectivity index (χ3n) is 5.57. The molecule has 32 heavy (non-hydrogen) atoms. The molecule has 1 amide bonds. The molecule has 0 unspecified atom stereocenters. The van der Waals surface area contributed by atoms with Crippen LogP contribution in [0.15, 0.2) is 66.4 Å². The minimum absolute atomic E-state index is 0.104. The molecule has 0 atom stereocenters. The maximum atomic E-state index is 12.7.